The number of hydrogen-bond donors (Lipinski definition) is 1. The van der Waals surface area contributed by atoms with E-state index < -0.39 is 18.4 Å². The largest absolute Gasteiger partial charge is 0.452 e. The fourth-order valence-corrected chi connectivity index (χ4v) is 3.12. The van der Waals surface area contributed by atoms with Crippen molar-refractivity contribution in [1.29, 1.82) is 0 Å². The molecule has 0 saturated heterocycles. The molecule has 8 heteroatoms. The van der Waals surface area contributed by atoms with E-state index in [1.54, 1.807) is 11.0 Å². The lowest BCUT2D eigenvalue weighted by molar-refractivity contribution is -0.134. The Balaban J connectivity index is 1.94. The summed E-state index contributed by atoms with van der Waals surface area (Å²) in [7, 11) is 0. The Morgan fingerprint density at radius 3 is 2.67 bits per heavy atom. The first kappa shape index (κ1) is 18.2. The number of carbonyl (C=O) groups is 2. The van der Waals surface area contributed by atoms with E-state index in [1.165, 1.54) is 17.4 Å². The summed E-state index contributed by atoms with van der Waals surface area (Å²) >= 11 is 7.26. The van der Waals surface area contributed by atoms with Crippen LogP contribution in [0.15, 0.2) is 30.3 Å². The molecular weight excluding hydrogens is 355 g/mol. The predicted molar refractivity (Wildman–Crippen MR) is 91.5 cm³/mol. The second-order valence-corrected chi connectivity index (χ2v) is 6.72. The Hall–Kier alpha value is -2.12. The van der Waals surface area contributed by atoms with Gasteiger partial charge in [-0.15, -0.1) is 11.3 Å². The maximum absolute atomic E-state index is 13.0. The first-order valence-electron chi connectivity index (χ1n) is 7.14. The van der Waals surface area contributed by atoms with Gasteiger partial charge in [-0.1, -0.05) is 11.6 Å². The molecule has 0 bridgehead atoms. The number of likely N-dealkylation sites (N-methyl/N-ethyl adjacent to an activating group) is 1. The van der Waals surface area contributed by atoms with Crippen LogP contribution in [0.2, 0.25) is 4.34 Å². The van der Waals surface area contributed by atoms with Gasteiger partial charge in [0.1, 0.15) is 5.82 Å². The normalized spacial score (nSPS) is 10.5. The van der Waals surface area contributed by atoms with E-state index in [-0.39, 0.29) is 17.2 Å². The van der Waals surface area contributed by atoms with Gasteiger partial charge in [0.15, 0.2) is 6.61 Å². The number of amides is 1. The molecule has 5 nitrogen and oxygen atoms in total. The molecule has 1 amide bonds. The summed E-state index contributed by atoms with van der Waals surface area (Å²) in [6.45, 7) is 2.27. The fourth-order valence-electron chi connectivity index (χ4n) is 2.02. The standard InChI is InChI=1S/C16H16ClFN2O3S/c1-2-20(8-11-4-6-14(17)24-11)15(21)9-23-16(22)12-5-3-10(18)7-13(12)19/h3-7H,2,8-9,19H2,1H3. The highest BCUT2D eigenvalue weighted by atomic mass is 35.5. The lowest BCUT2D eigenvalue weighted by Gasteiger charge is -2.20. The van der Waals surface area contributed by atoms with Crippen molar-refractivity contribution in [1.82, 2.24) is 4.90 Å². The summed E-state index contributed by atoms with van der Waals surface area (Å²) < 4.78 is 18.6. The zero-order chi connectivity index (χ0) is 17.7. The molecule has 0 saturated carbocycles. The molecule has 0 aliphatic carbocycles. The van der Waals surface area contributed by atoms with Gasteiger partial charge < -0.3 is 15.4 Å². The molecule has 2 aromatic rings. The number of nitrogens with two attached hydrogens (primary N) is 1. The molecule has 128 valence electrons. The van der Waals surface area contributed by atoms with Crippen LogP contribution in [0, 0.1) is 5.82 Å². The van der Waals surface area contributed by atoms with Gasteiger partial charge in [-0.05, 0) is 37.3 Å². The van der Waals surface area contributed by atoms with Crippen molar-refractivity contribution in [3.8, 4) is 0 Å². The van der Waals surface area contributed by atoms with Crippen molar-refractivity contribution in [3.05, 3.63) is 50.9 Å². The van der Waals surface area contributed by atoms with Gasteiger partial charge >= 0.3 is 5.97 Å². The smallest absolute Gasteiger partial charge is 0.340 e. The molecule has 0 aliphatic heterocycles. The molecule has 0 unspecified atom stereocenters. The highest BCUT2D eigenvalue weighted by Gasteiger charge is 2.18. The fraction of sp³-hybridized carbons (Fsp3) is 0.250. The molecular formula is C16H16ClFN2O3S. The Morgan fingerprint density at radius 1 is 1.33 bits per heavy atom. The number of nitrogens with zero attached hydrogens (tertiary/aromatic N) is 1. The summed E-state index contributed by atoms with van der Waals surface area (Å²) in [4.78, 5) is 26.6. The zero-order valence-corrected chi connectivity index (χ0v) is 14.5. The maximum atomic E-state index is 13.0. The van der Waals surface area contributed by atoms with E-state index in [0.29, 0.717) is 17.4 Å². The van der Waals surface area contributed by atoms with Gasteiger partial charge in [-0.3, -0.25) is 4.79 Å². The second kappa shape index (κ2) is 8.12. The number of anilines is 1. The number of carbonyl (C=O) groups excluding carboxylic acids is 2. The number of halogens is 2. The second-order valence-electron chi connectivity index (χ2n) is 4.92. The van der Waals surface area contributed by atoms with Gasteiger partial charge in [0.05, 0.1) is 16.4 Å². The topological polar surface area (TPSA) is 72.6 Å². The number of benzene rings is 1. The van der Waals surface area contributed by atoms with Crippen LogP contribution in [0.25, 0.3) is 0 Å². The van der Waals surface area contributed by atoms with E-state index in [2.05, 4.69) is 0 Å². The number of ether oxygens (including phenoxy) is 1. The highest BCUT2D eigenvalue weighted by Crippen LogP contribution is 2.22. The molecule has 2 N–H and O–H groups in total. The van der Waals surface area contributed by atoms with E-state index in [9.17, 15) is 14.0 Å². The first-order chi connectivity index (χ1) is 11.4. The minimum absolute atomic E-state index is 0.0253. The van der Waals surface area contributed by atoms with Gasteiger partial charge in [0.2, 0.25) is 0 Å². The monoisotopic (exact) mass is 370 g/mol. The minimum atomic E-state index is -0.768. The van der Waals surface area contributed by atoms with E-state index >= 15 is 0 Å². The van der Waals surface area contributed by atoms with Crippen LogP contribution in [0.3, 0.4) is 0 Å². The zero-order valence-electron chi connectivity index (χ0n) is 12.9. The summed E-state index contributed by atoms with van der Waals surface area (Å²) in [6.07, 6.45) is 0. The molecule has 0 radical (unpaired) electrons. The molecule has 0 atom stereocenters. The molecule has 2 rings (SSSR count). The molecule has 1 heterocycles. The van der Waals surface area contributed by atoms with Crippen LogP contribution < -0.4 is 5.73 Å². The minimum Gasteiger partial charge on any atom is -0.452 e. The third-order valence-electron chi connectivity index (χ3n) is 3.27. The van der Waals surface area contributed by atoms with E-state index in [0.717, 1.165) is 17.0 Å². The van der Waals surface area contributed by atoms with Crippen LogP contribution in [-0.4, -0.2) is 29.9 Å². The quantitative estimate of drug-likeness (QED) is 0.625. The lowest BCUT2D eigenvalue weighted by atomic mass is 10.2. The molecule has 24 heavy (non-hydrogen) atoms. The molecule has 1 aromatic heterocycles. The Labute approximate surface area is 147 Å². The van der Waals surface area contributed by atoms with Crippen LogP contribution in [0.5, 0.6) is 0 Å². The van der Waals surface area contributed by atoms with Crippen molar-refractivity contribution < 1.29 is 18.7 Å². The summed E-state index contributed by atoms with van der Waals surface area (Å²) in [5.74, 6) is -1.65. The third-order valence-corrected chi connectivity index (χ3v) is 4.49. The van der Waals surface area contributed by atoms with Gasteiger partial charge in [0, 0.05) is 17.1 Å². The number of esters is 1. The Bertz CT molecular complexity index is 751. The molecule has 1 aromatic carbocycles. The van der Waals surface area contributed by atoms with Crippen molar-refractivity contribution in [3.63, 3.8) is 0 Å². The molecule has 0 spiro atoms. The van der Waals surface area contributed by atoms with Crippen molar-refractivity contribution >= 4 is 40.5 Å². The Morgan fingerprint density at radius 2 is 2.08 bits per heavy atom. The predicted octanol–water partition coefficient (Wildman–Crippen LogP) is 3.33. The SMILES string of the molecule is CCN(Cc1ccc(Cl)s1)C(=O)COC(=O)c1ccc(F)cc1N. The van der Waals surface area contributed by atoms with Crippen molar-refractivity contribution in [2.45, 2.75) is 13.5 Å². The average molecular weight is 371 g/mol. The van der Waals surface area contributed by atoms with E-state index in [4.69, 9.17) is 22.1 Å². The van der Waals surface area contributed by atoms with Crippen molar-refractivity contribution in [2.24, 2.45) is 0 Å². The van der Waals surface area contributed by atoms with Crippen LogP contribution in [0.4, 0.5) is 10.1 Å². The first-order valence-corrected chi connectivity index (χ1v) is 8.34. The molecule has 0 aliphatic rings. The highest BCUT2D eigenvalue weighted by molar-refractivity contribution is 7.16. The van der Waals surface area contributed by atoms with Crippen LogP contribution in [-0.2, 0) is 16.1 Å². The summed E-state index contributed by atoms with van der Waals surface area (Å²) in [5, 5.41) is 0. The van der Waals surface area contributed by atoms with E-state index in [1.807, 2.05) is 13.0 Å². The molecule has 0 fully saturated rings. The van der Waals surface area contributed by atoms with Crippen molar-refractivity contribution in [2.75, 3.05) is 18.9 Å². The third kappa shape index (κ3) is 4.69. The van der Waals surface area contributed by atoms with Gasteiger partial charge in [-0.25, -0.2) is 9.18 Å². The number of thiophene rings is 1. The number of rotatable bonds is 6. The average Bonchev–Trinajstić information content (AvgIpc) is 2.95. The van der Waals surface area contributed by atoms with Gasteiger partial charge in [0.25, 0.3) is 5.91 Å². The lowest BCUT2D eigenvalue weighted by Crippen LogP contribution is -2.33. The van der Waals surface area contributed by atoms with Gasteiger partial charge in [-0.2, -0.15) is 0 Å². The van der Waals surface area contributed by atoms with Crippen LogP contribution in [0.1, 0.15) is 22.2 Å². The number of nitrogen functional groups attached to an aromatic ring is 1. The Kier molecular flexibility index (Phi) is 6.16. The summed E-state index contributed by atoms with van der Waals surface area (Å²) in [6, 6.07) is 6.96. The number of hydrogen-bond acceptors (Lipinski definition) is 5. The maximum Gasteiger partial charge on any atom is 0.340 e. The summed E-state index contributed by atoms with van der Waals surface area (Å²) in [5.41, 5.74) is 5.56. The van der Waals surface area contributed by atoms with Crippen LogP contribution >= 0.6 is 22.9 Å².